The topological polar surface area (TPSA) is 6.48 Å². The van der Waals surface area contributed by atoms with Gasteiger partial charge < -0.3 is 9.80 Å². The van der Waals surface area contributed by atoms with Gasteiger partial charge in [0.25, 0.3) is 0 Å². The molecule has 0 amide bonds. The van der Waals surface area contributed by atoms with E-state index in [9.17, 15) is 0 Å². The molecule has 0 spiro atoms. The molecular weight excluding hydrogens is 215 g/mol. The van der Waals surface area contributed by atoms with Gasteiger partial charge in [0.15, 0.2) is 0 Å². The van der Waals surface area contributed by atoms with Crippen molar-refractivity contribution in [1.82, 2.24) is 9.80 Å². The van der Waals surface area contributed by atoms with Crippen LogP contribution in [0, 0.1) is 0 Å². The monoisotopic (exact) mass is 226 g/mol. The highest BCUT2D eigenvalue weighted by Crippen LogP contribution is 2.02. The fourth-order valence-electron chi connectivity index (χ4n) is 0.843. The largest absolute Gasteiger partial charge is 0.362 e. The summed E-state index contributed by atoms with van der Waals surface area (Å²) in [4.78, 5) is 4.29. The summed E-state index contributed by atoms with van der Waals surface area (Å²) in [6.07, 6.45) is 4.11. The Balaban J connectivity index is 0.000000810. The lowest BCUT2D eigenvalue weighted by Crippen LogP contribution is -2.23. The van der Waals surface area contributed by atoms with Crippen molar-refractivity contribution < 1.29 is 0 Å². The minimum absolute atomic E-state index is 0. The Morgan fingerprint density at radius 2 is 2.20 bits per heavy atom. The minimum Gasteiger partial charge on any atom is -0.362 e. The van der Waals surface area contributed by atoms with Crippen molar-refractivity contribution in [2.75, 3.05) is 26.1 Å². The van der Waals surface area contributed by atoms with E-state index >= 15 is 0 Å². The maximum atomic E-state index is 5.54. The van der Waals surface area contributed by atoms with Gasteiger partial charge in [-0.3, -0.25) is 0 Å². The predicted octanol–water partition coefficient (Wildman–Crippen LogP) is 1.48. The van der Waals surface area contributed by atoms with E-state index in [0.29, 0.717) is 5.88 Å². The van der Waals surface area contributed by atoms with Gasteiger partial charge in [-0.25, -0.2) is 0 Å². The third-order valence-electron chi connectivity index (χ3n) is 1.31. The maximum Gasteiger partial charge on any atom is 0.0891 e. The molecule has 0 aromatic rings. The molecule has 0 saturated heterocycles. The molecule has 4 heteroatoms. The van der Waals surface area contributed by atoms with Crippen molar-refractivity contribution in [1.29, 1.82) is 0 Å². The zero-order valence-electron chi connectivity index (χ0n) is 5.96. The summed E-state index contributed by atoms with van der Waals surface area (Å²) in [5.41, 5.74) is 0. The van der Waals surface area contributed by atoms with Gasteiger partial charge in [0, 0.05) is 31.9 Å². The predicted molar refractivity (Wildman–Crippen MR) is 49.5 cm³/mol. The van der Waals surface area contributed by atoms with Gasteiger partial charge in [-0.2, -0.15) is 0 Å². The van der Waals surface area contributed by atoms with Crippen molar-refractivity contribution in [3.05, 3.63) is 12.4 Å². The van der Waals surface area contributed by atoms with Crippen LogP contribution in [0.15, 0.2) is 12.4 Å². The van der Waals surface area contributed by atoms with Crippen LogP contribution in [0.25, 0.3) is 0 Å². The number of hydrogen-bond acceptors (Lipinski definition) is 2. The average Bonchev–Trinajstić information content (AvgIpc) is 2.17. The molecule has 1 rings (SSSR count). The number of alkyl halides is 1. The van der Waals surface area contributed by atoms with Crippen LogP contribution in [0.4, 0.5) is 0 Å². The molecule has 0 bridgehead atoms. The van der Waals surface area contributed by atoms with Crippen molar-refractivity contribution in [3.63, 3.8) is 0 Å². The fourth-order valence-corrected chi connectivity index (χ4v) is 1.06. The van der Waals surface area contributed by atoms with Gasteiger partial charge in [0.05, 0.1) is 6.67 Å². The van der Waals surface area contributed by atoms with E-state index in [0.717, 1.165) is 13.2 Å². The van der Waals surface area contributed by atoms with Gasteiger partial charge in [-0.15, -0.1) is 28.6 Å². The summed E-state index contributed by atoms with van der Waals surface area (Å²) in [7, 11) is 2.05. The molecule has 1 aliphatic rings. The summed E-state index contributed by atoms with van der Waals surface area (Å²) < 4.78 is 0. The lowest BCUT2D eigenvalue weighted by atomic mass is 10.6. The van der Waals surface area contributed by atoms with Crippen LogP contribution in [-0.2, 0) is 0 Å². The molecule has 0 aromatic carbocycles. The Morgan fingerprint density at radius 1 is 1.50 bits per heavy atom. The molecule has 1 heterocycles. The second-order valence-electron chi connectivity index (χ2n) is 2.20. The van der Waals surface area contributed by atoms with Gasteiger partial charge in [0.2, 0.25) is 0 Å². The van der Waals surface area contributed by atoms with Crippen LogP contribution in [-0.4, -0.2) is 35.9 Å². The molecule has 2 nitrogen and oxygen atoms in total. The van der Waals surface area contributed by atoms with E-state index in [2.05, 4.69) is 16.0 Å². The summed E-state index contributed by atoms with van der Waals surface area (Å²) in [6, 6.07) is 0. The summed E-state index contributed by atoms with van der Waals surface area (Å²) in [5, 5.41) is 0. The molecule has 0 aliphatic carbocycles. The average molecular weight is 228 g/mol. The van der Waals surface area contributed by atoms with Crippen LogP contribution in [0.3, 0.4) is 0 Å². The van der Waals surface area contributed by atoms with Crippen LogP contribution in [0.1, 0.15) is 0 Å². The highest BCUT2D eigenvalue weighted by atomic mass is 79.9. The first kappa shape index (κ1) is 10.1. The summed E-state index contributed by atoms with van der Waals surface area (Å²) in [6.45, 7) is 1.93. The first-order valence-corrected chi connectivity index (χ1v) is 3.55. The number of halogens is 2. The third-order valence-corrected chi connectivity index (χ3v) is 1.48. The van der Waals surface area contributed by atoms with Gasteiger partial charge in [-0.1, -0.05) is 0 Å². The van der Waals surface area contributed by atoms with Crippen LogP contribution >= 0.6 is 28.6 Å². The Hall–Kier alpha value is 0.110. The SMILES string of the molecule is Br.CN1C=CN(CCCl)C1. The van der Waals surface area contributed by atoms with Crippen molar-refractivity contribution in [3.8, 4) is 0 Å². The molecule has 60 valence electrons. The first-order chi connectivity index (χ1) is 4.33. The second kappa shape index (κ2) is 4.85. The zero-order chi connectivity index (χ0) is 6.69. The smallest absolute Gasteiger partial charge is 0.0891 e. The Labute approximate surface area is 77.2 Å². The molecule has 0 atom stereocenters. The van der Waals surface area contributed by atoms with Gasteiger partial charge in [-0.05, 0) is 0 Å². The van der Waals surface area contributed by atoms with Crippen LogP contribution in [0.5, 0.6) is 0 Å². The molecule has 0 radical (unpaired) electrons. The molecule has 0 saturated carbocycles. The third kappa shape index (κ3) is 2.80. The fraction of sp³-hybridized carbons (Fsp3) is 0.667. The Morgan fingerprint density at radius 3 is 2.60 bits per heavy atom. The summed E-state index contributed by atoms with van der Waals surface area (Å²) >= 11 is 5.54. The van der Waals surface area contributed by atoms with Crippen LogP contribution in [0.2, 0.25) is 0 Å². The first-order valence-electron chi connectivity index (χ1n) is 3.01. The highest BCUT2D eigenvalue weighted by Gasteiger charge is 2.05. The summed E-state index contributed by atoms with van der Waals surface area (Å²) in [5.74, 6) is 0.707. The highest BCUT2D eigenvalue weighted by molar-refractivity contribution is 8.93. The maximum absolute atomic E-state index is 5.54. The lowest BCUT2D eigenvalue weighted by molar-refractivity contribution is 0.309. The Kier molecular flexibility index (Phi) is 4.91. The number of rotatable bonds is 2. The van der Waals surface area contributed by atoms with Crippen molar-refractivity contribution in [2.45, 2.75) is 0 Å². The molecule has 1 aliphatic heterocycles. The van der Waals surface area contributed by atoms with Crippen molar-refractivity contribution >= 4 is 28.6 Å². The molecule has 10 heavy (non-hydrogen) atoms. The number of nitrogens with zero attached hydrogens (tertiary/aromatic N) is 2. The van der Waals surface area contributed by atoms with Crippen molar-refractivity contribution in [2.24, 2.45) is 0 Å². The molecule has 0 unspecified atom stereocenters. The van der Waals surface area contributed by atoms with E-state index in [1.807, 2.05) is 13.2 Å². The quantitative estimate of drug-likeness (QED) is 0.660. The molecule has 0 fully saturated rings. The second-order valence-corrected chi connectivity index (χ2v) is 2.58. The standard InChI is InChI=1S/C6H11ClN2.BrH/c1-8-4-5-9(6-8)3-2-7;/h4-5H,2-3,6H2,1H3;1H. The van der Waals surface area contributed by atoms with Crippen LogP contribution < -0.4 is 0 Å². The molecular formula is C6H12BrClN2. The lowest BCUT2D eigenvalue weighted by Gasteiger charge is -2.15. The van der Waals surface area contributed by atoms with Gasteiger partial charge in [0.1, 0.15) is 0 Å². The van der Waals surface area contributed by atoms with E-state index in [1.54, 1.807) is 0 Å². The zero-order valence-corrected chi connectivity index (χ0v) is 8.43. The Bertz CT molecular complexity index is 118. The van der Waals surface area contributed by atoms with Gasteiger partial charge >= 0.3 is 0 Å². The molecule has 0 N–H and O–H groups in total. The number of hydrogen-bond donors (Lipinski definition) is 0. The van der Waals surface area contributed by atoms with E-state index in [4.69, 9.17) is 11.6 Å². The normalized spacial score (nSPS) is 15.8. The minimum atomic E-state index is 0. The van der Waals surface area contributed by atoms with E-state index < -0.39 is 0 Å². The van der Waals surface area contributed by atoms with E-state index in [-0.39, 0.29) is 17.0 Å². The van der Waals surface area contributed by atoms with E-state index in [1.165, 1.54) is 0 Å². The molecule has 0 aromatic heterocycles.